The smallest absolute Gasteiger partial charge is 0.231 e. The molecule has 7 heteroatoms. The van der Waals surface area contributed by atoms with Crippen molar-refractivity contribution < 1.29 is 4.74 Å². The van der Waals surface area contributed by atoms with Crippen molar-refractivity contribution in [1.29, 1.82) is 0 Å². The number of nitrogens with zero attached hydrogens (tertiary/aromatic N) is 3. The first-order valence-corrected chi connectivity index (χ1v) is 8.51. The summed E-state index contributed by atoms with van der Waals surface area (Å²) in [6, 6.07) is 15.5. The fraction of sp³-hybridized carbons (Fsp3) is 0.125. The number of para-hydroxylation sites is 3. The van der Waals surface area contributed by atoms with Gasteiger partial charge < -0.3 is 4.74 Å². The van der Waals surface area contributed by atoms with E-state index in [1.165, 1.54) is 0 Å². The van der Waals surface area contributed by atoms with E-state index in [0.717, 1.165) is 27.7 Å². The fourth-order valence-corrected chi connectivity index (χ4v) is 3.35. The second-order valence-corrected chi connectivity index (χ2v) is 6.36. The van der Waals surface area contributed by atoms with Crippen LogP contribution in [-0.4, -0.2) is 31.9 Å². The second kappa shape index (κ2) is 6.14. The lowest BCUT2D eigenvalue weighted by Gasteiger charge is -2.06. The van der Waals surface area contributed by atoms with Crippen LogP contribution in [0.3, 0.4) is 0 Å². The number of H-pyrrole nitrogens is 1. The minimum Gasteiger partial charge on any atom is -0.491 e. The minimum absolute atomic E-state index is 0.551. The van der Waals surface area contributed by atoms with Crippen molar-refractivity contribution in [3.8, 4) is 5.75 Å². The fourth-order valence-electron chi connectivity index (χ4n) is 2.39. The second-order valence-electron chi connectivity index (χ2n) is 4.89. The summed E-state index contributed by atoms with van der Waals surface area (Å²) in [5, 5.41) is 8.79. The molecule has 0 unspecified atom stereocenters. The Morgan fingerprint density at radius 2 is 1.96 bits per heavy atom. The molecule has 23 heavy (non-hydrogen) atoms. The molecule has 0 bridgehead atoms. The summed E-state index contributed by atoms with van der Waals surface area (Å²) in [6.07, 6.45) is 0. The molecular weight excluding hydrogens is 332 g/mol. The Labute approximate surface area is 141 Å². The number of nitrogens with one attached hydrogen (secondary N) is 1. The van der Waals surface area contributed by atoms with E-state index in [9.17, 15) is 0 Å². The van der Waals surface area contributed by atoms with E-state index in [0.29, 0.717) is 17.4 Å². The maximum atomic E-state index is 6.07. The molecule has 1 N–H and O–H groups in total. The van der Waals surface area contributed by atoms with E-state index in [1.54, 1.807) is 11.8 Å². The largest absolute Gasteiger partial charge is 0.491 e. The highest BCUT2D eigenvalue weighted by Crippen LogP contribution is 2.25. The highest BCUT2D eigenvalue weighted by Gasteiger charge is 2.11. The first kappa shape index (κ1) is 14.4. The van der Waals surface area contributed by atoms with Crippen molar-refractivity contribution in [2.24, 2.45) is 0 Å². The number of thioether (sulfide) groups is 1. The standard InChI is InChI=1S/C16H13ClN4OS/c17-11-5-1-4-8-14(11)22-9-10-23-16-20-19-15-18-12-6-2-3-7-13(12)21(15)16/h1-8H,9-10H2,(H,18,19). The highest BCUT2D eigenvalue weighted by atomic mass is 35.5. The summed E-state index contributed by atoms with van der Waals surface area (Å²) in [7, 11) is 0. The summed E-state index contributed by atoms with van der Waals surface area (Å²) in [4.78, 5) is 4.51. The Balaban J connectivity index is 1.47. The zero-order chi connectivity index (χ0) is 15.6. The average molecular weight is 345 g/mol. The van der Waals surface area contributed by atoms with Gasteiger partial charge in [0.25, 0.3) is 0 Å². The van der Waals surface area contributed by atoms with E-state index in [2.05, 4.69) is 15.2 Å². The van der Waals surface area contributed by atoms with E-state index in [-0.39, 0.29) is 0 Å². The Hall–Kier alpha value is -2.18. The molecule has 2 aromatic heterocycles. The summed E-state index contributed by atoms with van der Waals surface area (Å²) < 4.78 is 7.72. The van der Waals surface area contributed by atoms with Crippen LogP contribution in [0.1, 0.15) is 0 Å². The molecular formula is C16H13ClN4OS. The Morgan fingerprint density at radius 1 is 1.13 bits per heavy atom. The third-order valence-electron chi connectivity index (χ3n) is 3.41. The number of aromatic amines is 1. The van der Waals surface area contributed by atoms with Gasteiger partial charge in [0, 0.05) is 5.75 Å². The molecule has 0 aliphatic heterocycles. The van der Waals surface area contributed by atoms with E-state index in [1.807, 2.05) is 52.9 Å². The number of hydrogen-bond acceptors (Lipinski definition) is 4. The summed E-state index contributed by atoms with van der Waals surface area (Å²) in [5.74, 6) is 2.22. The molecule has 4 aromatic rings. The lowest BCUT2D eigenvalue weighted by Crippen LogP contribution is -2.01. The maximum Gasteiger partial charge on any atom is 0.231 e. The average Bonchev–Trinajstić information content (AvgIpc) is 3.12. The molecule has 0 aliphatic rings. The summed E-state index contributed by atoms with van der Waals surface area (Å²) in [5.41, 5.74) is 2.00. The zero-order valence-electron chi connectivity index (χ0n) is 12.1. The van der Waals surface area contributed by atoms with Crippen LogP contribution < -0.4 is 4.74 Å². The van der Waals surface area contributed by atoms with Crippen molar-refractivity contribution in [3.63, 3.8) is 0 Å². The number of imidazole rings is 1. The van der Waals surface area contributed by atoms with Gasteiger partial charge in [0.15, 0.2) is 5.16 Å². The van der Waals surface area contributed by atoms with Crippen LogP contribution in [0, 0.1) is 0 Å². The van der Waals surface area contributed by atoms with Crippen LogP contribution in [0.15, 0.2) is 53.7 Å². The van der Waals surface area contributed by atoms with Gasteiger partial charge in [0.2, 0.25) is 5.78 Å². The molecule has 5 nitrogen and oxygen atoms in total. The highest BCUT2D eigenvalue weighted by molar-refractivity contribution is 7.99. The minimum atomic E-state index is 0.551. The van der Waals surface area contributed by atoms with Gasteiger partial charge in [-0.1, -0.05) is 47.6 Å². The van der Waals surface area contributed by atoms with Gasteiger partial charge in [-0.05, 0) is 24.3 Å². The van der Waals surface area contributed by atoms with Crippen LogP contribution in [0.2, 0.25) is 5.02 Å². The van der Waals surface area contributed by atoms with Crippen LogP contribution in [0.5, 0.6) is 5.75 Å². The lowest BCUT2D eigenvalue weighted by atomic mass is 10.3. The first-order valence-electron chi connectivity index (χ1n) is 7.14. The molecule has 0 saturated heterocycles. The van der Waals surface area contributed by atoms with Gasteiger partial charge in [-0.15, -0.1) is 5.10 Å². The molecule has 0 amide bonds. The normalized spacial score (nSPS) is 11.3. The molecule has 0 radical (unpaired) electrons. The van der Waals surface area contributed by atoms with Gasteiger partial charge in [-0.3, -0.25) is 4.40 Å². The molecule has 0 spiro atoms. The summed E-state index contributed by atoms with van der Waals surface area (Å²) >= 11 is 7.68. The van der Waals surface area contributed by atoms with E-state index < -0.39 is 0 Å². The van der Waals surface area contributed by atoms with E-state index in [4.69, 9.17) is 16.3 Å². The van der Waals surface area contributed by atoms with Gasteiger partial charge in [0.05, 0.1) is 22.7 Å². The monoisotopic (exact) mass is 344 g/mol. The maximum absolute atomic E-state index is 6.07. The van der Waals surface area contributed by atoms with Crippen molar-refractivity contribution in [2.75, 3.05) is 12.4 Å². The topological polar surface area (TPSA) is 55.2 Å². The third-order valence-corrected chi connectivity index (χ3v) is 4.63. The molecule has 2 aromatic carbocycles. The van der Waals surface area contributed by atoms with Gasteiger partial charge in [-0.2, -0.15) is 0 Å². The number of hydrogen-bond donors (Lipinski definition) is 1. The Kier molecular flexibility index (Phi) is 3.85. The zero-order valence-corrected chi connectivity index (χ0v) is 13.6. The first-order chi connectivity index (χ1) is 11.3. The van der Waals surface area contributed by atoms with Gasteiger partial charge in [0.1, 0.15) is 5.75 Å². The van der Waals surface area contributed by atoms with Crippen LogP contribution in [-0.2, 0) is 0 Å². The molecule has 2 heterocycles. The number of aromatic nitrogens is 4. The van der Waals surface area contributed by atoms with Gasteiger partial charge >= 0.3 is 0 Å². The molecule has 0 fully saturated rings. The van der Waals surface area contributed by atoms with Crippen LogP contribution >= 0.6 is 23.4 Å². The number of rotatable bonds is 5. The Morgan fingerprint density at radius 3 is 2.87 bits per heavy atom. The van der Waals surface area contributed by atoms with Crippen LogP contribution in [0.25, 0.3) is 16.8 Å². The van der Waals surface area contributed by atoms with E-state index >= 15 is 0 Å². The SMILES string of the molecule is Clc1ccccc1OCCSc1n[nH]c2nc3ccccc3n12. The van der Waals surface area contributed by atoms with Crippen molar-refractivity contribution in [1.82, 2.24) is 19.6 Å². The quantitative estimate of drug-likeness (QED) is 0.438. The van der Waals surface area contributed by atoms with Crippen molar-refractivity contribution in [2.45, 2.75) is 5.16 Å². The molecule has 116 valence electrons. The lowest BCUT2D eigenvalue weighted by molar-refractivity contribution is 0.344. The van der Waals surface area contributed by atoms with Gasteiger partial charge in [-0.25, -0.2) is 10.1 Å². The summed E-state index contributed by atoms with van der Waals surface area (Å²) in [6.45, 7) is 0.551. The third kappa shape index (κ3) is 2.75. The Bertz CT molecular complexity index is 965. The molecule has 0 aliphatic carbocycles. The van der Waals surface area contributed by atoms with Crippen molar-refractivity contribution >= 4 is 40.2 Å². The number of benzene rings is 2. The molecule has 0 saturated carbocycles. The molecule has 0 atom stereocenters. The predicted octanol–water partition coefficient (Wildman–Crippen LogP) is 4.04. The van der Waals surface area contributed by atoms with Crippen molar-refractivity contribution in [3.05, 3.63) is 53.6 Å². The number of halogens is 1. The number of ether oxygens (including phenoxy) is 1. The predicted molar refractivity (Wildman–Crippen MR) is 92.5 cm³/mol. The molecule has 4 rings (SSSR count). The number of fused-ring (bicyclic) bond motifs is 3. The van der Waals surface area contributed by atoms with Crippen LogP contribution in [0.4, 0.5) is 0 Å².